The molecular formula is C52H101NO5. The van der Waals surface area contributed by atoms with Crippen molar-refractivity contribution in [2.45, 2.75) is 296 Å². The predicted octanol–water partition coefficient (Wildman–Crippen LogP) is 15.3. The Bertz CT molecular complexity index is 863. The summed E-state index contributed by atoms with van der Waals surface area (Å²) in [6.07, 6.45) is 54.6. The highest BCUT2D eigenvalue weighted by molar-refractivity contribution is 5.76. The van der Waals surface area contributed by atoms with E-state index in [4.69, 9.17) is 4.74 Å². The molecule has 0 rings (SSSR count). The molecule has 0 heterocycles. The Hall–Kier alpha value is -1.40. The third-order valence-electron chi connectivity index (χ3n) is 12.1. The summed E-state index contributed by atoms with van der Waals surface area (Å²) in [5.41, 5.74) is 0. The molecule has 6 heteroatoms. The molecule has 344 valence electrons. The van der Waals surface area contributed by atoms with Crippen LogP contribution in [0.2, 0.25) is 0 Å². The van der Waals surface area contributed by atoms with Gasteiger partial charge in [0.25, 0.3) is 0 Å². The second kappa shape index (κ2) is 48.3. The maximum atomic E-state index is 12.5. The van der Waals surface area contributed by atoms with Crippen LogP contribution < -0.4 is 5.32 Å². The van der Waals surface area contributed by atoms with E-state index >= 15 is 0 Å². The molecule has 0 aliphatic carbocycles. The Balaban J connectivity index is 3.49. The number of hydrogen-bond acceptors (Lipinski definition) is 5. The summed E-state index contributed by atoms with van der Waals surface area (Å²) in [7, 11) is 0. The van der Waals surface area contributed by atoms with Crippen molar-refractivity contribution in [3.05, 3.63) is 12.2 Å². The molecule has 0 radical (unpaired) electrons. The van der Waals surface area contributed by atoms with Gasteiger partial charge in [-0.1, -0.05) is 231 Å². The van der Waals surface area contributed by atoms with E-state index < -0.39 is 12.1 Å². The molecule has 0 fully saturated rings. The Morgan fingerprint density at radius 3 is 1.22 bits per heavy atom. The minimum atomic E-state index is -0.681. The highest BCUT2D eigenvalue weighted by atomic mass is 16.5. The van der Waals surface area contributed by atoms with Crippen LogP contribution in [0.25, 0.3) is 0 Å². The van der Waals surface area contributed by atoms with E-state index in [1.807, 2.05) is 0 Å². The Morgan fingerprint density at radius 2 is 0.810 bits per heavy atom. The van der Waals surface area contributed by atoms with Crippen molar-refractivity contribution >= 4 is 11.9 Å². The monoisotopic (exact) mass is 820 g/mol. The normalized spacial score (nSPS) is 12.7. The lowest BCUT2D eigenvalue weighted by atomic mass is 10.0. The molecule has 2 unspecified atom stereocenters. The molecule has 6 nitrogen and oxygen atoms in total. The van der Waals surface area contributed by atoms with Gasteiger partial charge in [-0.2, -0.15) is 0 Å². The van der Waals surface area contributed by atoms with Gasteiger partial charge in [0.15, 0.2) is 0 Å². The molecule has 0 bridgehead atoms. The minimum absolute atomic E-state index is 0.0323. The van der Waals surface area contributed by atoms with Crippen molar-refractivity contribution in [2.75, 3.05) is 13.2 Å². The number of carbonyl (C=O) groups excluding carboxylic acids is 2. The molecule has 0 aromatic rings. The van der Waals surface area contributed by atoms with Crippen molar-refractivity contribution in [2.24, 2.45) is 0 Å². The second-order valence-electron chi connectivity index (χ2n) is 17.9. The molecule has 0 saturated carbocycles. The molecule has 0 aromatic heterocycles. The number of allylic oxidation sites excluding steroid dienone is 2. The molecule has 0 saturated heterocycles. The van der Waals surface area contributed by atoms with E-state index in [1.54, 1.807) is 0 Å². The SMILES string of the molecule is CCCCCCCC/C=C\CCCCCCCC(=O)OCCCCCCCCCCCC(=O)NC(CO)C(O)CCCCCCCCCCCCCCCCCCC. The van der Waals surface area contributed by atoms with Gasteiger partial charge in [-0.25, -0.2) is 0 Å². The summed E-state index contributed by atoms with van der Waals surface area (Å²) >= 11 is 0. The van der Waals surface area contributed by atoms with Gasteiger partial charge < -0.3 is 20.3 Å². The van der Waals surface area contributed by atoms with Crippen LogP contribution in [-0.4, -0.2) is 47.4 Å². The van der Waals surface area contributed by atoms with Crippen molar-refractivity contribution < 1.29 is 24.5 Å². The summed E-state index contributed by atoms with van der Waals surface area (Å²) in [6, 6.07) is -0.561. The number of ether oxygens (including phenoxy) is 1. The van der Waals surface area contributed by atoms with Crippen LogP contribution in [0.1, 0.15) is 284 Å². The first kappa shape index (κ1) is 56.6. The zero-order valence-electron chi connectivity index (χ0n) is 39.0. The van der Waals surface area contributed by atoms with Crippen LogP contribution in [0.3, 0.4) is 0 Å². The fraction of sp³-hybridized carbons (Fsp3) is 0.923. The predicted molar refractivity (Wildman–Crippen MR) is 250 cm³/mol. The summed E-state index contributed by atoms with van der Waals surface area (Å²) in [6.45, 7) is 4.89. The van der Waals surface area contributed by atoms with E-state index in [-0.39, 0.29) is 18.5 Å². The number of carbonyl (C=O) groups is 2. The largest absolute Gasteiger partial charge is 0.466 e. The zero-order chi connectivity index (χ0) is 42.3. The Morgan fingerprint density at radius 1 is 0.466 bits per heavy atom. The standard InChI is InChI=1S/C52H101NO5/c1-3-5-7-9-11-13-15-17-19-20-22-23-25-28-32-36-40-44-50(55)49(48-54)53-51(56)45-41-37-33-29-27-31-35-39-43-47-58-52(57)46-42-38-34-30-26-24-21-18-16-14-12-10-8-6-4-2/h18,21,49-50,54-55H,3-17,19-20,22-48H2,1-2H3,(H,53,56)/b21-18-. The molecule has 1 amide bonds. The van der Waals surface area contributed by atoms with Crippen molar-refractivity contribution in [3.8, 4) is 0 Å². The van der Waals surface area contributed by atoms with Gasteiger partial charge in [0.1, 0.15) is 0 Å². The average molecular weight is 820 g/mol. The number of aliphatic hydroxyl groups excluding tert-OH is 2. The first-order valence-electron chi connectivity index (χ1n) is 25.9. The zero-order valence-corrected chi connectivity index (χ0v) is 39.0. The van der Waals surface area contributed by atoms with Gasteiger partial charge in [0.2, 0.25) is 5.91 Å². The van der Waals surface area contributed by atoms with Gasteiger partial charge >= 0.3 is 5.97 Å². The maximum absolute atomic E-state index is 12.5. The molecule has 0 aliphatic heterocycles. The first-order chi connectivity index (χ1) is 28.5. The highest BCUT2D eigenvalue weighted by Crippen LogP contribution is 2.16. The molecular weight excluding hydrogens is 719 g/mol. The Labute approximate surface area is 361 Å². The maximum Gasteiger partial charge on any atom is 0.305 e. The van der Waals surface area contributed by atoms with Crippen LogP contribution >= 0.6 is 0 Å². The second-order valence-corrected chi connectivity index (χ2v) is 17.9. The van der Waals surface area contributed by atoms with Crippen molar-refractivity contribution in [1.82, 2.24) is 5.32 Å². The lowest BCUT2D eigenvalue weighted by molar-refractivity contribution is -0.143. The number of esters is 1. The van der Waals surface area contributed by atoms with Crippen LogP contribution in [0.4, 0.5) is 0 Å². The first-order valence-corrected chi connectivity index (χ1v) is 25.9. The van der Waals surface area contributed by atoms with E-state index in [1.165, 1.54) is 193 Å². The fourth-order valence-corrected chi connectivity index (χ4v) is 8.05. The van der Waals surface area contributed by atoms with Gasteiger partial charge in [-0.3, -0.25) is 9.59 Å². The molecule has 3 N–H and O–H groups in total. The molecule has 58 heavy (non-hydrogen) atoms. The molecule has 0 aromatic carbocycles. The number of aliphatic hydroxyl groups is 2. The highest BCUT2D eigenvalue weighted by Gasteiger charge is 2.20. The smallest absolute Gasteiger partial charge is 0.305 e. The van der Waals surface area contributed by atoms with E-state index in [9.17, 15) is 19.8 Å². The Kier molecular flexibility index (Phi) is 47.1. The quantitative estimate of drug-likeness (QED) is 0.0323. The molecule has 2 atom stereocenters. The van der Waals surface area contributed by atoms with Crippen LogP contribution in [0, 0.1) is 0 Å². The van der Waals surface area contributed by atoms with E-state index in [2.05, 4.69) is 31.3 Å². The number of unbranched alkanes of at least 4 members (excludes halogenated alkanes) is 35. The lowest BCUT2D eigenvalue weighted by Crippen LogP contribution is -2.45. The van der Waals surface area contributed by atoms with E-state index in [0.717, 1.165) is 57.8 Å². The van der Waals surface area contributed by atoms with Crippen LogP contribution in [0.5, 0.6) is 0 Å². The summed E-state index contributed by atoms with van der Waals surface area (Å²) in [5.74, 6) is -0.0935. The third-order valence-corrected chi connectivity index (χ3v) is 12.1. The number of hydrogen-bond donors (Lipinski definition) is 3. The van der Waals surface area contributed by atoms with Crippen molar-refractivity contribution in [3.63, 3.8) is 0 Å². The summed E-state index contributed by atoms with van der Waals surface area (Å²) < 4.78 is 5.45. The van der Waals surface area contributed by atoms with Crippen LogP contribution in [0.15, 0.2) is 12.2 Å². The third kappa shape index (κ3) is 44.2. The minimum Gasteiger partial charge on any atom is -0.466 e. The van der Waals surface area contributed by atoms with E-state index in [0.29, 0.717) is 25.9 Å². The molecule has 0 spiro atoms. The van der Waals surface area contributed by atoms with Gasteiger partial charge in [0, 0.05) is 12.8 Å². The van der Waals surface area contributed by atoms with Gasteiger partial charge in [-0.05, 0) is 51.4 Å². The number of amides is 1. The summed E-state index contributed by atoms with van der Waals surface area (Å²) in [4.78, 5) is 24.5. The fourth-order valence-electron chi connectivity index (χ4n) is 8.05. The lowest BCUT2D eigenvalue weighted by Gasteiger charge is -2.22. The van der Waals surface area contributed by atoms with Gasteiger partial charge in [-0.15, -0.1) is 0 Å². The van der Waals surface area contributed by atoms with Gasteiger partial charge in [0.05, 0.1) is 25.4 Å². The number of nitrogens with one attached hydrogen (secondary N) is 1. The molecule has 0 aliphatic rings. The summed E-state index contributed by atoms with van der Waals surface area (Å²) in [5, 5.41) is 23.2. The topological polar surface area (TPSA) is 95.9 Å². The number of rotatable bonds is 48. The van der Waals surface area contributed by atoms with Crippen LogP contribution in [-0.2, 0) is 14.3 Å². The average Bonchev–Trinajstić information content (AvgIpc) is 3.22. The van der Waals surface area contributed by atoms with Crippen molar-refractivity contribution in [1.29, 1.82) is 0 Å².